The second-order valence-corrected chi connectivity index (χ2v) is 8.30. The molecule has 1 aliphatic heterocycles. The highest BCUT2D eigenvalue weighted by Gasteiger charge is 2.34. The quantitative estimate of drug-likeness (QED) is 0.581. The van der Waals surface area contributed by atoms with Crippen molar-refractivity contribution in [1.82, 2.24) is 9.97 Å². The molecule has 32 heavy (non-hydrogen) atoms. The minimum absolute atomic E-state index is 0.0836. The molecule has 4 N–H and O–H groups in total. The zero-order valence-corrected chi connectivity index (χ0v) is 18.0. The summed E-state index contributed by atoms with van der Waals surface area (Å²) in [6.07, 6.45) is -0.835. The largest absolute Gasteiger partial charge is 0.417 e. The van der Waals surface area contributed by atoms with Crippen LogP contribution in [0.15, 0.2) is 54.9 Å². The van der Waals surface area contributed by atoms with E-state index in [4.69, 9.17) is 23.1 Å². The summed E-state index contributed by atoms with van der Waals surface area (Å²) in [7, 11) is 0. The van der Waals surface area contributed by atoms with Gasteiger partial charge in [0.25, 0.3) is 0 Å². The molecule has 9 heteroatoms. The molecule has 2 aromatic carbocycles. The predicted octanol–water partition coefficient (Wildman–Crippen LogP) is 4.58. The van der Waals surface area contributed by atoms with Gasteiger partial charge in [-0.25, -0.2) is 9.97 Å². The first-order valence-corrected chi connectivity index (χ1v) is 10.6. The molecule has 5 nitrogen and oxygen atoms in total. The molecule has 1 fully saturated rings. The van der Waals surface area contributed by atoms with Crippen molar-refractivity contribution in [3.63, 3.8) is 0 Å². The summed E-state index contributed by atoms with van der Waals surface area (Å²) in [6, 6.07) is 13.1. The van der Waals surface area contributed by atoms with Crippen LogP contribution in [0.1, 0.15) is 29.7 Å². The number of hydrogen-bond acceptors (Lipinski definition) is 5. The van der Waals surface area contributed by atoms with Crippen molar-refractivity contribution in [2.24, 2.45) is 11.5 Å². The molecule has 0 spiro atoms. The van der Waals surface area contributed by atoms with Crippen molar-refractivity contribution in [3.8, 4) is 11.3 Å². The summed E-state index contributed by atoms with van der Waals surface area (Å²) >= 11 is 5.87. The second kappa shape index (κ2) is 8.69. The van der Waals surface area contributed by atoms with Crippen LogP contribution in [0.4, 0.5) is 18.9 Å². The molecular weight excluding hydrogens is 439 g/mol. The standard InChI is InChI=1S/C23H23ClF3N5/c24-19-11-15(3-8-18(19)23(25,26)27)20-12-21(31-14-30-20)22(29,13-28)16-4-6-17(7-5-16)32-9-1-2-10-32/h3-8,11-12,14H,1-2,9-10,13,28-29H2. The molecule has 1 aromatic heterocycles. The number of aromatic nitrogens is 2. The van der Waals surface area contributed by atoms with Gasteiger partial charge >= 0.3 is 6.18 Å². The lowest BCUT2D eigenvalue weighted by atomic mass is 9.86. The fraction of sp³-hybridized carbons (Fsp3) is 0.304. The topological polar surface area (TPSA) is 81.1 Å². The van der Waals surface area contributed by atoms with Gasteiger partial charge in [-0.2, -0.15) is 13.2 Å². The van der Waals surface area contributed by atoms with E-state index in [1.807, 2.05) is 24.3 Å². The van der Waals surface area contributed by atoms with E-state index in [1.165, 1.54) is 31.3 Å². The van der Waals surface area contributed by atoms with Crippen LogP contribution in [-0.4, -0.2) is 29.6 Å². The van der Waals surface area contributed by atoms with Crippen LogP contribution in [0.5, 0.6) is 0 Å². The summed E-state index contributed by atoms with van der Waals surface area (Å²) in [5.41, 5.74) is 14.0. The number of benzene rings is 2. The molecule has 0 radical (unpaired) electrons. The van der Waals surface area contributed by atoms with Crippen LogP contribution in [0.2, 0.25) is 5.02 Å². The molecule has 1 atom stereocenters. The molecule has 0 aliphatic carbocycles. The maximum atomic E-state index is 13.0. The third kappa shape index (κ3) is 4.30. The highest BCUT2D eigenvalue weighted by atomic mass is 35.5. The zero-order valence-electron chi connectivity index (χ0n) is 17.2. The number of halogens is 4. The Hall–Kier alpha value is -2.68. The number of nitrogens with zero attached hydrogens (tertiary/aromatic N) is 3. The van der Waals surface area contributed by atoms with E-state index in [9.17, 15) is 13.2 Å². The van der Waals surface area contributed by atoms with Crippen molar-refractivity contribution in [1.29, 1.82) is 0 Å². The highest BCUT2D eigenvalue weighted by molar-refractivity contribution is 6.31. The van der Waals surface area contributed by atoms with Gasteiger partial charge in [0.15, 0.2) is 0 Å². The number of anilines is 1. The SMILES string of the molecule is NCC(N)(c1ccc(N2CCCC2)cc1)c1cc(-c2ccc(C(F)(F)F)c(Cl)c2)ncn1. The van der Waals surface area contributed by atoms with Gasteiger partial charge in [0, 0.05) is 30.9 Å². The smallest absolute Gasteiger partial charge is 0.372 e. The van der Waals surface area contributed by atoms with E-state index in [1.54, 1.807) is 6.07 Å². The Kier molecular flexibility index (Phi) is 6.11. The molecular formula is C23H23ClF3N5. The third-order valence-corrected chi connectivity index (χ3v) is 6.18. The van der Waals surface area contributed by atoms with Crippen molar-refractivity contribution in [2.45, 2.75) is 24.6 Å². The molecule has 1 aliphatic rings. The molecule has 1 unspecified atom stereocenters. The van der Waals surface area contributed by atoms with Gasteiger partial charge < -0.3 is 16.4 Å². The van der Waals surface area contributed by atoms with E-state index < -0.39 is 22.3 Å². The van der Waals surface area contributed by atoms with Gasteiger partial charge in [0.1, 0.15) is 6.33 Å². The van der Waals surface area contributed by atoms with E-state index in [-0.39, 0.29) is 6.54 Å². The normalized spacial score (nSPS) is 16.2. The monoisotopic (exact) mass is 461 g/mol. The van der Waals surface area contributed by atoms with Gasteiger partial charge in [-0.05, 0) is 48.7 Å². The van der Waals surface area contributed by atoms with Crippen LogP contribution in [0.25, 0.3) is 11.3 Å². The summed E-state index contributed by atoms with van der Waals surface area (Å²) in [6.45, 7) is 2.16. The van der Waals surface area contributed by atoms with Gasteiger partial charge in [-0.15, -0.1) is 0 Å². The number of rotatable bonds is 5. The lowest BCUT2D eigenvalue weighted by Gasteiger charge is -2.29. The Morgan fingerprint density at radius 3 is 2.25 bits per heavy atom. The first-order chi connectivity index (χ1) is 15.2. The Morgan fingerprint density at radius 1 is 0.969 bits per heavy atom. The average Bonchev–Trinajstić information content (AvgIpc) is 3.33. The van der Waals surface area contributed by atoms with Crippen LogP contribution < -0.4 is 16.4 Å². The number of alkyl halides is 3. The Labute approximate surface area is 189 Å². The molecule has 0 bridgehead atoms. The van der Waals surface area contributed by atoms with Gasteiger partial charge in [0.05, 0.1) is 27.5 Å². The summed E-state index contributed by atoms with van der Waals surface area (Å²) in [4.78, 5) is 10.8. The third-order valence-electron chi connectivity index (χ3n) is 5.87. The Bertz CT molecular complexity index is 1100. The summed E-state index contributed by atoms with van der Waals surface area (Å²) in [5.74, 6) is 0. The van der Waals surface area contributed by atoms with E-state index in [0.29, 0.717) is 17.0 Å². The van der Waals surface area contributed by atoms with Gasteiger partial charge in [-0.3, -0.25) is 0 Å². The van der Waals surface area contributed by atoms with Crippen LogP contribution in [0.3, 0.4) is 0 Å². The zero-order chi connectivity index (χ0) is 22.9. The maximum Gasteiger partial charge on any atom is 0.417 e. The molecule has 168 valence electrons. The molecule has 4 rings (SSSR count). The fourth-order valence-electron chi connectivity index (χ4n) is 3.98. The van der Waals surface area contributed by atoms with Crippen LogP contribution in [0, 0.1) is 0 Å². The first kappa shape index (κ1) is 22.5. The van der Waals surface area contributed by atoms with Gasteiger partial charge in [0.2, 0.25) is 0 Å². The second-order valence-electron chi connectivity index (χ2n) is 7.90. The highest BCUT2D eigenvalue weighted by Crippen LogP contribution is 2.37. The molecule has 0 saturated carbocycles. The number of hydrogen-bond donors (Lipinski definition) is 2. The van der Waals surface area contributed by atoms with E-state index in [2.05, 4.69) is 14.9 Å². The first-order valence-electron chi connectivity index (χ1n) is 10.3. The Balaban J connectivity index is 1.67. The lowest BCUT2D eigenvalue weighted by Crippen LogP contribution is -2.45. The molecule has 1 saturated heterocycles. The molecule has 0 amide bonds. The van der Waals surface area contributed by atoms with Crippen LogP contribution >= 0.6 is 11.6 Å². The van der Waals surface area contributed by atoms with Gasteiger partial charge in [-0.1, -0.05) is 29.8 Å². The van der Waals surface area contributed by atoms with Crippen molar-refractivity contribution < 1.29 is 13.2 Å². The summed E-state index contributed by atoms with van der Waals surface area (Å²) < 4.78 is 39.1. The molecule has 2 heterocycles. The minimum Gasteiger partial charge on any atom is -0.372 e. The molecule has 3 aromatic rings. The summed E-state index contributed by atoms with van der Waals surface area (Å²) in [5, 5.41) is -0.398. The fourth-order valence-corrected chi connectivity index (χ4v) is 4.27. The van der Waals surface area contributed by atoms with Crippen molar-refractivity contribution >= 4 is 17.3 Å². The van der Waals surface area contributed by atoms with Crippen LogP contribution in [-0.2, 0) is 11.7 Å². The van der Waals surface area contributed by atoms with E-state index >= 15 is 0 Å². The Morgan fingerprint density at radius 2 is 1.66 bits per heavy atom. The van der Waals surface area contributed by atoms with Crippen molar-refractivity contribution in [2.75, 3.05) is 24.5 Å². The average molecular weight is 462 g/mol. The lowest BCUT2D eigenvalue weighted by molar-refractivity contribution is -0.137. The maximum absolute atomic E-state index is 13.0. The minimum atomic E-state index is -4.53. The predicted molar refractivity (Wildman–Crippen MR) is 119 cm³/mol. The number of nitrogens with two attached hydrogens (primary N) is 2. The van der Waals surface area contributed by atoms with E-state index in [0.717, 1.165) is 30.4 Å². The van der Waals surface area contributed by atoms with Crippen molar-refractivity contribution in [3.05, 3.63) is 76.7 Å².